The minimum absolute atomic E-state index is 0.0541. The van der Waals surface area contributed by atoms with E-state index in [0.717, 1.165) is 5.56 Å². The van der Waals surface area contributed by atoms with Crippen LogP contribution in [0.1, 0.15) is 18.5 Å². The SMILES string of the molecule is CC(CN)n1cccc(OCc2ccc(Cl)cc2)c1=O. The number of rotatable bonds is 5. The van der Waals surface area contributed by atoms with Crippen molar-refractivity contribution in [3.05, 3.63) is 63.5 Å². The van der Waals surface area contributed by atoms with Gasteiger partial charge >= 0.3 is 0 Å². The molecule has 1 unspecified atom stereocenters. The summed E-state index contributed by atoms with van der Waals surface area (Å²) in [6.45, 7) is 2.62. The van der Waals surface area contributed by atoms with Crippen LogP contribution in [0.2, 0.25) is 5.02 Å². The number of nitrogens with zero attached hydrogens (tertiary/aromatic N) is 1. The molecule has 0 fully saturated rings. The fourth-order valence-electron chi connectivity index (χ4n) is 1.80. The third-order valence-corrected chi connectivity index (χ3v) is 3.32. The van der Waals surface area contributed by atoms with Crippen molar-refractivity contribution in [2.75, 3.05) is 6.54 Å². The molecule has 0 amide bonds. The molecule has 0 aliphatic carbocycles. The van der Waals surface area contributed by atoms with Crippen molar-refractivity contribution in [1.29, 1.82) is 0 Å². The molecule has 0 radical (unpaired) electrons. The zero-order valence-electron chi connectivity index (χ0n) is 11.3. The topological polar surface area (TPSA) is 57.2 Å². The van der Waals surface area contributed by atoms with Gasteiger partial charge in [-0.05, 0) is 36.8 Å². The van der Waals surface area contributed by atoms with E-state index in [4.69, 9.17) is 22.1 Å². The van der Waals surface area contributed by atoms with Gasteiger partial charge in [-0.2, -0.15) is 0 Å². The molecular formula is C15H17ClN2O2. The summed E-state index contributed by atoms with van der Waals surface area (Å²) in [5, 5.41) is 0.674. The van der Waals surface area contributed by atoms with Crippen LogP contribution in [0.5, 0.6) is 5.75 Å². The van der Waals surface area contributed by atoms with Gasteiger partial charge in [0.15, 0.2) is 5.75 Å². The highest BCUT2D eigenvalue weighted by Crippen LogP contribution is 2.12. The van der Waals surface area contributed by atoms with Gasteiger partial charge in [0, 0.05) is 23.8 Å². The Morgan fingerprint density at radius 1 is 1.30 bits per heavy atom. The Morgan fingerprint density at radius 2 is 2.00 bits per heavy atom. The Morgan fingerprint density at radius 3 is 2.65 bits per heavy atom. The molecule has 4 nitrogen and oxygen atoms in total. The lowest BCUT2D eigenvalue weighted by Gasteiger charge is -2.14. The fourth-order valence-corrected chi connectivity index (χ4v) is 1.93. The summed E-state index contributed by atoms with van der Waals surface area (Å²) in [4.78, 5) is 12.2. The van der Waals surface area contributed by atoms with Gasteiger partial charge in [0.05, 0.1) is 0 Å². The Labute approximate surface area is 122 Å². The van der Waals surface area contributed by atoms with Crippen molar-refractivity contribution in [3.63, 3.8) is 0 Å². The van der Waals surface area contributed by atoms with E-state index in [1.54, 1.807) is 35.0 Å². The van der Waals surface area contributed by atoms with Crippen molar-refractivity contribution in [1.82, 2.24) is 4.57 Å². The number of halogens is 1. The molecule has 0 saturated heterocycles. The van der Waals surface area contributed by atoms with Crippen molar-refractivity contribution in [2.24, 2.45) is 5.73 Å². The zero-order valence-corrected chi connectivity index (χ0v) is 12.0. The van der Waals surface area contributed by atoms with Gasteiger partial charge in [-0.15, -0.1) is 0 Å². The maximum absolute atomic E-state index is 12.2. The van der Waals surface area contributed by atoms with Crippen LogP contribution in [-0.2, 0) is 6.61 Å². The number of hydrogen-bond donors (Lipinski definition) is 1. The van der Waals surface area contributed by atoms with E-state index in [9.17, 15) is 4.79 Å². The lowest BCUT2D eigenvalue weighted by molar-refractivity contribution is 0.297. The van der Waals surface area contributed by atoms with Crippen LogP contribution >= 0.6 is 11.6 Å². The molecule has 5 heteroatoms. The van der Waals surface area contributed by atoms with Gasteiger partial charge in [-0.25, -0.2) is 0 Å². The fraction of sp³-hybridized carbons (Fsp3) is 0.267. The minimum atomic E-state index is -0.167. The monoisotopic (exact) mass is 292 g/mol. The maximum Gasteiger partial charge on any atom is 0.293 e. The summed E-state index contributed by atoms with van der Waals surface area (Å²) in [7, 11) is 0. The predicted molar refractivity (Wildman–Crippen MR) is 80.3 cm³/mol. The molecule has 1 heterocycles. The maximum atomic E-state index is 12.2. The normalized spacial score (nSPS) is 12.2. The first-order valence-electron chi connectivity index (χ1n) is 6.40. The second-order valence-corrected chi connectivity index (χ2v) is 5.02. The third kappa shape index (κ3) is 3.40. The predicted octanol–water partition coefficient (Wildman–Crippen LogP) is 2.60. The number of pyridine rings is 1. The summed E-state index contributed by atoms with van der Waals surface area (Å²) in [6, 6.07) is 10.7. The van der Waals surface area contributed by atoms with Crippen LogP contribution < -0.4 is 16.0 Å². The molecule has 106 valence electrons. The number of ether oxygens (including phenoxy) is 1. The molecule has 2 rings (SSSR count). The summed E-state index contributed by atoms with van der Waals surface area (Å²) in [6.07, 6.45) is 1.72. The van der Waals surface area contributed by atoms with E-state index < -0.39 is 0 Å². The quantitative estimate of drug-likeness (QED) is 0.921. The molecule has 0 saturated carbocycles. The van der Waals surface area contributed by atoms with Crippen molar-refractivity contribution in [2.45, 2.75) is 19.6 Å². The average molecular weight is 293 g/mol. The van der Waals surface area contributed by atoms with E-state index in [2.05, 4.69) is 0 Å². The van der Waals surface area contributed by atoms with Gasteiger partial charge in [-0.3, -0.25) is 4.79 Å². The molecule has 2 aromatic rings. The number of hydrogen-bond acceptors (Lipinski definition) is 3. The standard InChI is InChI=1S/C15H17ClN2O2/c1-11(9-17)18-8-2-3-14(15(18)19)20-10-12-4-6-13(16)7-5-12/h2-8,11H,9-10,17H2,1H3. The van der Waals surface area contributed by atoms with E-state index in [1.807, 2.05) is 19.1 Å². The van der Waals surface area contributed by atoms with Crippen molar-refractivity contribution >= 4 is 11.6 Å². The Balaban J connectivity index is 2.14. The van der Waals surface area contributed by atoms with Crippen LogP contribution in [0.25, 0.3) is 0 Å². The zero-order chi connectivity index (χ0) is 14.5. The Kier molecular flexibility index (Phi) is 4.82. The van der Waals surface area contributed by atoms with Gasteiger partial charge < -0.3 is 15.0 Å². The molecule has 2 N–H and O–H groups in total. The van der Waals surface area contributed by atoms with E-state index in [-0.39, 0.29) is 11.6 Å². The number of benzene rings is 1. The van der Waals surface area contributed by atoms with Crippen molar-refractivity contribution < 1.29 is 4.74 Å². The molecule has 1 aromatic carbocycles. The molecule has 0 spiro atoms. The van der Waals surface area contributed by atoms with Crippen LogP contribution in [0.3, 0.4) is 0 Å². The summed E-state index contributed by atoms with van der Waals surface area (Å²) >= 11 is 5.82. The van der Waals surface area contributed by atoms with Crippen LogP contribution in [0.15, 0.2) is 47.4 Å². The van der Waals surface area contributed by atoms with E-state index in [0.29, 0.717) is 23.9 Å². The number of aromatic nitrogens is 1. The first-order valence-corrected chi connectivity index (χ1v) is 6.78. The Hall–Kier alpha value is -1.78. The third-order valence-electron chi connectivity index (χ3n) is 3.06. The largest absolute Gasteiger partial charge is 0.483 e. The van der Waals surface area contributed by atoms with Gasteiger partial charge in [0.2, 0.25) is 0 Å². The molecular weight excluding hydrogens is 276 g/mol. The molecule has 20 heavy (non-hydrogen) atoms. The smallest absolute Gasteiger partial charge is 0.293 e. The average Bonchev–Trinajstić information content (AvgIpc) is 2.47. The second-order valence-electron chi connectivity index (χ2n) is 4.58. The van der Waals surface area contributed by atoms with E-state index in [1.165, 1.54) is 0 Å². The molecule has 0 aliphatic rings. The van der Waals surface area contributed by atoms with Crippen LogP contribution in [-0.4, -0.2) is 11.1 Å². The lowest BCUT2D eigenvalue weighted by Crippen LogP contribution is -2.28. The first-order chi connectivity index (χ1) is 9.61. The highest BCUT2D eigenvalue weighted by Gasteiger charge is 2.08. The van der Waals surface area contributed by atoms with Gasteiger partial charge in [0.25, 0.3) is 5.56 Å². The van der Waals surface area contributed by atoms with Gasteiger partial charge in [0.1, 0.15) is 6.61 Å². The minimum Gasteiger partial charge on any atom is -0.483 e. The molecule has 0 bridgehead atoms. The van der Waals surface area contributed by atoms with Crippen LogP contribution in [0.4, 0.5) is 0 Å². The summed E-state index contributed by atoms with van der Waals surface area (Å²) in [5.74, 6) is 0.322. The summed E-state index contributed by atoms with van der Waals surface area (Å²) < 4.78 is 7.16. The van der Waals surface area contributed by atoms with Gasteiger partial charge in [-0.1, -0.05) is 23.7 Å². The lowest BCUT2D eigenvalue weighted by atomic mass is 10.2. The van der Waals surface area contributed by atoms with Crippen LogP contribution in [0, 0.1) is 0 Å². The second kappa shape index (κ2) is 6.59. The molecule has 1 aromatic heterocycles. The highest BCUT2D eigenvalue weighted by molar-refractivity contribution is 6.30. The Bertz CT molecular complexity index is 623. The van der Waals surface area contributed by atoms with E-state index >= 15 is 0 Å². The number of nitrogens with two attached hydrogens (primary N) is 1. The van der Waals surface area contributed by atoms with Crippen molar-refractivity contribution in [3.8, 4) is 5.75 Å². The first kappa shape index (κ1) is 14.6. The molecule has 0 aliphatic heterocycles. The molecule has 1 atom stereocenters. The summed E-state index contributed by atoms with van der Waals surface area (Å²) in [5.41, 5.74) is 6.38. The highest BCUT2D eigenvalue weighted by atomic mass is 35.5.